The zero-order valence-corrected chi connectivity index (χ0v) is 12.3. The first-order valence-electron chi connectivity index (χ1n) is 6.48. The van der Waals surface area contributed by atoms with Gasteiger partial charge in [0.25, 0.3) is 5.91 Å². The van der Waals surface area contributed by atoms with Crippen LogP contribution in [0.15, 0.2) is 18.2 Å². The molecule has 1 fully saturated rings. The molecule has 1 amide bonds. The van der Waals surface area contributed by atoms with Gasteiger partial charge in [-0.25, -0.2) is 0 Å². The number of ether oxygens (including phenoxy) is 1. The number of carbonyl (C=O) groups excluding carboxylic acids is 1. The molecule has 1 aromatic carbocycles. The van der Waals surface area contributed by atoms with E-state index in [1.165, 1.54) is 12.8 Å². The lowest BCUT2D eigenvalue weighted by molar-refractivity contribution is -0.127. The number of nitrogens with one attached hydrogen (secondary N) is 1. The quantitative estimate of drug-likeness (QED) is 0.918. The number of hydrogen-bond donors (Lipinski definition) is 1. The van der Waals surface area contributed by atoms with Crippen molar-refractivity contribution in [1.29, 1.82) is 0 Å². The Morgan fingerprint density at radius 2 is 2.00 bits per heavy atom. The fourth-order valence-electron chi connectivity index (χ4n) is 2.20. The molecule has 104 valence electrons. The monoisotopic (exact) mass is 301 g/mol. The third-order valence-electron chi connectivity index (χ3n) is 3.27. The average Bonchev–Trinajstić information content (AvgIpc) is 2.86. The van der Waals surface area contributed by atoms with Crippen molar-refractivity contribution < 1.29 is 9.53 Å². The molecule has 1 saturated carbocycles. The predicted molar refractivity (Wildman–Crippen MR) is 77.0 cm³/mol. The van der Waals surface area contributed by atoms with Crippen LogP contribution in [0.2, 0.25) is 10.0 Å². The molecule has 0 aromatic heterocycles. The Morgan fingerprint density at radius 3 is 2.63 bits per heavy atom. The maximum atomic E-state index is 12.0. The van der Waals surface area contributed by atoms with Crippen molar-refractivity contribution >= 4 is 29.1 Å². The fourth-order valence-corrected chi connectivity index (χ4v) is 2.48. The molecule has 19 heavy (non-hydrogen) atoms. The van der Waals surface area contributed by atoms with Crippen LogP contribution in [0.5, 0.6) is 5.75 Å². The van der Waals surface area contributed by atoms with Gasteiger partial charge < -0.3 is 10.1 Å². The van der Waals surface area contributed by atoms with Gasteiger partial charge in [0.05, 0.1) is 10.0 Å². The van der Waals surface area contributed by atoms with Gasteiger partial charge in [0.15, 0.2) is 6.10 Å². The standard InChI is InChI=1S/C14H17Cl2NO2/c1-9(14(18)17-10-4-2-3-5-10)19-11-6-7-12(15)13(16)8-11/h6-10H,2-5H2,1H3,(H,17,18). The number of carbonyl (C=O) groups is 1. The minimum Gasteiger partial charge on any atom is -0.481 e. The van der Waals surface area contributed by atoms with E-state index in [1.807, 2.05) is 0 Å². The summed E-state index contributed by atoms with van der Waals surface area (Å²) < 4.78 is 5.57. The summed E-state index contributed by atoms with van der Waals surface area (Å²) in [5.74, 6) is 0.460. The van der Waals surface area contributed by atoms with E-state index in [9.17, 15) is 4.79 Å². The molecule has 1 atom stereocenters. The lowest BCUT2D eigenvalue weighted by atomic mass is 10.2. The van der Waals surface area contributed by atoms with Crippen LogP contribution in [-0.4, -0.2) is 18.1 Å². The summed E-state index contributed by atoms with van der Waals surface area (Å²) in [6.07, 6.45) is 3.95. The van der Waals surface area contributed by atoms with E-state index in [1.54, 1.807) is 25.1 Å². The minimum absolute atomic E-state index is 0.0852. The summed E-state index contributed by atoms with van der Waals surface area (Å²) in [4.78, 5) is 12.0. The maximum absolute atomic E-state index is 12.0. The molecule has 0 heterocycles. The molecule has 1 unspecified atom stereocenters. The van der Waals surface area contributed by atoms with Gasteiger partial charge in [-0.1, -0.05) is 36.0 Å². The number of hydrogen-bond acceptors (Lipinski definition) is 2. The van der Waals surface area contributed by atoms with Crippen molar-refractivity contribution in [3.8, 4) is 5.75 Å². The molecule has 5 heteroatoms. The first-order valence-corrected chi connectivity index (χ1v) is 7.24. The average molecular weight is 302 g/mol. The SMILES string of the molecule is CC(Oc1ccc(Cl)c(Cl)c1)C(=O)NC1CCCC1. The smallest absolute Gasteiger partial charge is 0.260 e. The van der Waals surface area contributed by atoms with Crippen LogP contribution >= 0.6 is 23.2 Å². The summed E-state index contributed by atoms with van der Waals surface area (Å²) in [5, 5.41) is 3.89. The van der Waals surface area contributed by atoms with E-state index in [2.05, 4.69) is 5.32 Å². The second-order valence-corrected chi connectivity index (χ2v) is 5.64. The fraction of sp³-hybridized carbons (Fsp3) is 0.500. The van der Waals surface area contributed by atoms with Gasteiger partial charge in [0.1, 0.15) is 5.75 Å². The number of halogens is 2. The van der Waals surface area contributed by atoms with Crippen molar-refractivity contribution in [2.75, 3.05) is 0 Å². The summed E-state index contributed by atoms with van der Waals surface area (Å²) >= 11 is 11.7. The highest BCUT2D eigenvalue weighted by Crippen LogP contribution is 2.27. The van der Waals surface area contributed by atoms with Crippen molar-refractivity contribution in [3.05, 3.63) is 28.2 Å². The molecular formula is C14H17Cl2NO2. The topological polar surface area (TPSA) is 38.3 Å². The van der Waals surface area contributed by atoms with E-state index < -0.39 is 6.10 Å². The van der Waals surface area contributed by atoms with Crippen LogP contribution in [-0.2, 0) is 4.79 Å². The normalized spacial score (nSPS) is 17.2. The molecule has 3 nitrogen and oxygen atoms in total. The molecule has 0 spiro atoms. The van der Waals surface area contributed by atoms with E-state index in [0.29, 0.717) is 21.8 Å². The summed E-state index contributed by atoms with van der Waals surface area (Å²) in [6, 6.07) is 5.27. The lowest BCUT2D eigenvalue weighted by Crippen LogP contribution is -2.41. The van der Waals surface area contributed by atoms with Crippen LogP contribution in [0.4, 0.5) is 0 Å². The Hall–Kier alpha value is -0.930. The highest BCUT2D eigenvalue weighted by molar-refractivity contribution is 6.42. The first kappa shape index (κ1) is 14.5. The zero-order chi connectivity index (χ0) is 13.8. The Bertz CT molecular complexity index is 459. The molecule has 0 aliphatic heterocycles. The van der Waals surface area contributed by atoms with E-state index >= 15 is 0 Å². The molecule has 0 bridgehead atoms. The molecule has 0 radical (unpaired) electrons. The number of rotatable bonds is 4. The van der Waals surface area contributed by atoms with Crippen molar-refractivity contribution in [2.24, 2.45) is 0 Å². The van der Waals surface area contributed by atoms with Gasteiger partial charge >= 0.3 is 0 Å². The van der Waals surface area contributed by atoms with Crippen molar-refractivity contribution in [3.63, 3.8) is 0 Å². The molecule has 1 N–H and O–H groups in total. The van der Waals surface area contributed by atoms with Gasteiger partial charge in [-0.15, -0.1) is 0 Å². The Balaban J connectivity index is 1.90. The molecule has 1 aromatic rings. The van der Waals surface area contributed by atoms with E-state index in [4.69, 9.17) is 27.9 Å². The maximum Gasteiger partial charge on any atom is 0.260 e. The molecule has 1 aliphatic rings. The van der Waals surface area contributed by atoms with Gasteiger partial charge in [-0.05, 0) is 31.9 Å². The largest absolute Gasteiger partial charge is 0.481 e. The first-order chi connectivity index (χ1) is 9.06. The zero-order valence-electron chi connectivity index (χ0n) is 10.8. The van der Waals surface area contributed by atoms with Crippen molar-refractivity contribution in [2.45, 2.75) is 44.8 Å². The third kappa shape index (κ3) is 4.02. The van der Waals surface area contributed by atoms with Crippen LogP contribution < -0.4 is 10.1 Å². The highest BCUT2D eigenvalue weighted by Gasteiger charge is 2.21. The van der Waals surface area contributed by atoms with E-state index in [-0.39, 0.29) is 5.91 Å². The van der Waals surface area contributed by atoms with Crippen LogP contribution in [0.3, 0.4) is 0 Å². The Morgan fingerprint density at radius 1 is 1.32 bits per heavy atom. The van der Waals surface area contributed by atoms with Gasteiger partial charge in [-0.3, -0.25) is 4.79 Å². The second kappa shape index (κ2) is 6.49. The van der Waals surface area contributed by atoms with Gasteiger partial charge in [0.2, 0.25) is 0 Å². The number of benzene rings is 1. The summed E-state index contributed by atoms with van der Waals surface area (Å²) in [7, 11) is 0. The lowest BCUT2D eigenvalue weighted by Gasteiger charge is -2.18. The van der Waals surface area contributed by atoms with E-state index in [0.717, 1.165) is 12.8 Å². The van der Waals surface area contributed by atoms with Crippen LogP contribution in [0, 0.1) is 0 Å². The van der Waals surface area contributed by atoms with Crippen LogP contribution in [0.25, 0.3) is 0 Å². The van der Waals surface area contributed by atoms with Gasteiger partial charge in [-0.2, -0.15) is 0 Å². The highest BCUT2D eigenvalue weighted by atomic mass is 35.5. The minimum atomic E-state index is -0.544. The predicted octanol–water partition coefficient (Wildman–Crippen LogP) is 3.82. The Kier molecular flexibility index (Phi) is 4.94. The number of amides is 1. The Labute approximate surface area is 123 Å². The third-order valence-corrected chi connectivity index (χ3v) is 4.01. The second-order valence-electron chi connectivity index (χ2n) is 4.83. The van der Waals surface area contributed by atoms with Crippen molar-refractivity contribution in [1.82, 2.24) is 5.32 Å². The molecular weight excluding hydrogens is 285 g/mol. The molecule has 1 aliphatic carbocycles. The summed E-state index contributed by atoms with van der Waals surface area (Å²) in [5.41, 5.74) is 0. The van der Waals surface area contributed by atoms with Crippen LogP contribution in [0.1, 0.15) is 32.6 Å². The molecule has 0 saturated heterocycles. The summed E-state index contributed by atoms with van der Waals surface area (Å²) in [6.45, 7) is 1.73. The molecule has 2 rings (SSSR count). The van der Waals surface area contributed by atoms with Gasteiger partial charge in [0, 0.05) is 12.1 Å².